The van der Waals surface area contributed by atoms with E-state index in [1.807, 2.05) is 37.3 Å². The first kappa shape index (κ1) is 17.1. The maximum absolute atomic E-state index is 12.3. The van der Waals surface area contributed by atoms with Crippen LogP contribution >= 0.6 is 27.7 Å². The van der Waals surface area contributed by atoms with Gasteiger partial charge in [0, 0.05) is 28.6 Å². The Morgan fingerprint density at radius 1 is 1.23 bits per heavy atom. The molecule has 0 spiro atoms. The number of nitrogens with one attached hydrogen (secondary N) is 1. The lowest BCUT2D eigenvalue weighted by Crippen LogP contribution is -2.15. The van der Waals surface area contributed by atoms with Crippen molar-refractivity contribution in [3.63, 3.8) is 0 Å². The predicted molar refractivity (Wildman–Crippen MR) is 106 cm³/mol. The highest BCUT2D eigenvalue weighted by molar-refractivity contribution is 9.10. The topological polar surface area (TPSA) is 72.3 Å². The van der Waals surface area contributed by atoms with Gasteiger partial charge in [-0.2, -0.15) is 0 Å². The molecule has 0 bridgehead atoms. The highest BCUT2D eigenvalue weighted by Gasteiger charge is 2.08. The van der Waals surface area contributed by atoms with E-state index in [2.05, 4.69) is 30.9 Å². The van der Waals surface area contributed by atoms with E-state index in [1.54, 1.807) is 12.3 Å². The van der Waals surface area contributed by atoms with Gasteiger partial charge in [0.15, 0.2) is 5.16 Å². The van der Waals surface area contributed by atoms with Gasteiger partial charge in [-0.25, -0.2) is 9.97 Å². The Hall–Kier alpha value is -2.32. The number of rotatable bonds is 5. The third-order valence-corrected chi connectivity index (χ3v) is 5.15. The van der Waals surface area contributed by atoms with Gasteiger partial charge in [-0.1, -0.05) is 11.8 Å². The van der Waals surface area contributed by atoms with Crippen molar-refractivity contribution >= 4 is 44.4 Å². The minimum absolute atomic E-state index is 0.0992. The van der Waals surface area contributed by atoms with Crippen molar-refractivity contribution in [1.29, 1.82) is 0 Å². The van der Waals surface area contributed by atoms with Crippen molar-refractivity contribution in [2.45, 2.75) is 17.8 Å². The SMILES string of the molecule is CCOc1ccc2nc(SCc3cc(=O)n4cc(Br)ccc4n3)[nH]c2c1. The Balaban J connectivity index is 1.57. The largest absolute Gasteiger partial charge is 0.494 e. The summed E-state index contributed by atoms with van der Waals surface area (Å²) in [6.07, 6.45) is 1.72. The normalized spacial score (nSPS) is 11.3. The van der Waals surface area contributed by atoms with Crippen molar-refractivity contribution in [3.05, 3.63) is 63.1 Å². The van der Waals surface area contributed by atoms with E-state index in [4.69, 9.17) is 4.74 Å². The summed E-state index contributed by atoms with van der Waals surface area (Å²) < 4.78 is 7.87. The second kappa shape index (κ2) is 7.13. The molecular weight excluding hydrogens is 416 g/mol. The molecule has 132 valence electrons. The molecule has 0 saturated heterocycles. The summed E-state index contributed by atoms with van der Waals surface area (Å²) >= 11 is 4.88. The molecule has 6 nitrogen and oxygen atoms in total. The predicted octanol–water partition coefficient (Wildman–Crippen LogP) is 4.02. The van der Waals surface area contributed by atoms with E-state index in [0.717, 1.165) is 32.1 Å². The van der Waals surface area contributed by atoms with Gasteiger partial charge in [0.1, 0.15) is 11.4 Å². The summed E-state index contributed by atoms with van der Waals surface area (Å²) in [4.78, 5) is 24.6. The van der Waals surface area contributed by atoms with Gasteiger partial charge in [0.2, 0.25) is 0 Å². The first-order valence-electron chi connectivity index (χ1n) is 8.05. The molecule has 0 aliphatic heterocycles. The smallest absolute Gasteiger partial charge is 0.258 e. The molecule has 0 aliphatic carbocycles. The van der Waals surface area contributed by atoms with Gasteiger partial charge in [-0.3, -0.25) is 9.20 Å². The number of hydrogen-bond donors (Lipinski definition) is 1. The molecule has 0 saturated carbocycles. The number of H-pyrrole nitrogens is 1. The van der Waals surface area contributed by atoms with Crippen LogP contribution in [-0.4, -0.2) is 26.0 Å². The Kier molecular flexibility index (Phi) is 4.69. The number of thioether (sulfide) groups is 1. The molecule has 3 aromatic heterocycles. The number of aromatic amines is 1. The molecule has 1 N–H and O–H groups in total. The lowest BCUT2D eigenvalue weighted by molar-refractivity contribution is 0.340. The van der Waals surface area contributed by atoms with Crippen LogP contribution in [0.3, 0.4) is 0 Å². The third kappa shape index (κ3) is 3.47. The lowest BCUT2D eigenvalue weighted by Gasteiger charge is -2.03. The summed E-state index contributed by atoms with van der Waals surface area (Å²) in [6.45, 7) is 2.58. The monoisotopic (exact) mass is 430 g/mol. The Morgan fingerprint density at radius 3 is 2.96 bits per heavy atom. The number of hydrogen-bond acceptors (Lipinski definition) is 5. The van der Waals surface area contributed by atoms with Crippen LogP contribution in [0, 0.1) is 0 Å². The van der Waals surface area contributed by atoms with Crippen LogP contribution in [0.2, 0.25) is 0 Å². The standard InChI is InChI=1S/C18H15BrN4O2S/c1-2-25-13-4-5-14-15(8-13)22-18(21-14)26-10-12-7-17(24)23-9-11(19)3-6-16(23)20-12/h3-9H,2,10H2,1H3,(H,21,22). The molecule has 4 rings (SSSR count). The number of fused-ring (bicyclic) bond motifs is 2. The zero-order valence-electron chi connectivity index (χ0n) is 13.9. The Morgan fingerprint density at radius 2 is 2.12 bits per heavy atom. The molecule has 0 amide bonds. The number of aromatic nitrogens is 4. The molecule has 8 heteroatoms. The average molecular weight is 431 g/mol. The van der Waals surface area contributed by atoms with E-state index < -0.39 is 0 Å². The van der Waals surface area contributed by atoms with Gasteiger partial charge in [-0.05, 0) is 47.1 Å². The molecule has 0 atom stereocenters. The Labute approximate surface area is 161 Å². The van der Waals surface area contributed by atoms with E-state index in [1.165, 1.54) is 16.2 Å². The fourth-order valence-corrected chi connectivity index (χ4v) is 3.75. The number of ether oxygens (including phenoxy) is 1. The van der Waals surface area contributed by atoms with Crippen molar-refractivity contribution < 1.29 is 4.74 Å². The average Bonchev–Trinajstić information content (AvgIpc) is 3.03. The van der Waals surface area contributed by atoms with Crippen molar-refractivity contribution in [2.24, 2.45) is 0 Å². The fourth-order valence-electron chi connectivity index (χ4n) is 2.63. The number of pyridine rings is 1. The zero-order valence-corrected chi connectivity index (χ0v) is 16.3. The highest BCUT2D eigenvalue weighted by Crippen LogP contribution is 2.25. The van der Waals surface area contributed by atoms with Crippen LogP contribution in [0.1, 0.15) is 12.6 Å². The molecule has 0 fully saturated rings. The first-order valence-corrected chi connectivity index (χ1v) is 9.83. The van der Waals surface area contributed by atoms with Gasteiger partial charge in [-0.15, -0.1) is 0 Å². The van der Waals surface area contributed by atoms with Crippen LogP contribution in [0.25, 0.3) is 16.7 Å². The first-order chi connectivity index (χ1) is 12.6. The lowest BCUT2D eigenvalue weighted by atomic mass is 10.3. The number of halogens is 1. The maximum atomic E-state index is 12.3. The molecule has 0 radical (unpaired) electrons. The van der Waals surface area contributed by atoms with E-state index in [-0.39, 0.29) is 5.56 Å². The summed E-state index contributed by atoms with van der Waals surface area (Å²) in [5, 5.41) is 0.784. The van der Waals surface area contributed by atoms with Crippen molar-refractivity contribution in [1.82, 2.24) is 19.4 Å². The third-order valence-electron chi connectivity index (χ3n) is 3.78. The van der Waals surface area contributed by atoms with Crippen molar-refractivity contribution in [2.75, 3.05) is 6.61 Å². The van der Waals surface area contributed by atoms with Gasteiger partial charge in [0.25, 0.3) is 5.56 Å². The van der Waals surface area contributed by atoms with Gasteiger partial charge in [0.05, 0.1) is 23.3 Å². The second-order valence-corrected chi connectivity index (χ2v) is 7.48. The van der Waals surface area contributed by atoms with Crippen LogP contribution < -0.4 is 10.3 Å². The van der Waals surface area contributed by atoms with Crippen LogP contribution in [0.15, 0.2) is 57.0 Å². The minimum atomic E-state index is -0.0992. The van der Waals surface area contributed by atoms with E-state index in [0.29, 0.717) is 18.0 Å². The fraction of sp³-hybridized carbons (Fsp3) is 0.167. The molecule has 0 unspecified atom stereocenters. The quantitative estimate of drug-likeness (QED) is 0.484. The number of imidazole rings is 1. The molecule has 3 heterocycles. The van der Waals surface area contributed by atoms with Gasteiger partial charge < -0.3 is 9.72 Å². The van der Waals surface area contributed by atoms with Crippen LogP contribution in [0.4, 0.5) is 0 Å². The molecule has 1 aromatic carbocycles. The number of nitrogens with zero attached hydrogens (tertiary/aromatic N) is 3. The minimum Gasteiger partial charge on any atom is -0.494 e. The molecule has 4 aromatic rings. The van der Waals surface area contributed by atoms with E-state index in [9.17, 15) is 4.79 Å². The summed E-state index contributed by atoms with van der Waals surface area (Å²) in [5.41, 5.74) is 3.06. The molecule has 0 aliphatic rings. The molecular formula is C18H15BrN4O2S. The van der Waals surface area contributed by atoms with Gasteiger partial charge >= 0.3 is 0 Å². The van der Waals surface area contributed by atoms with E-state index >= 15 is 0 Å². The second-order valence-electron chi connectivity index (χ2n) is 5.60. The van der Waals surface area contributed by atoms with Crippen molar-refractivity contribution in [3.8, 4) is 5.75 Å². The summed E-state index contributed by atoms with van der Waals surface area (Å²) in [7, 11) is 0. The number of benzene rings is 1. The highest BCUT2D eigenvalue weighted by atomic mass is 79.9. The zero-order chi connectivity index (χ0) is 18.1. The Bertz CT molecular complexity index is 1160. The summed E-state index contributed by atoms with van der Waals surface area (Å²) in [5.74, 6) is 1.37. The summed E-state index contributed by atoms with van der Waals surface area (Å²) in [6, 6.07) is 11.0. The molecule has 26 heavy (non-hydrogen) atoms. The van der Waals surface area contributed by atoms with Crippen LogP contribution in [0.5, 0.6) is 5.75 Å². The van der Waals surface area contributed by atoms with Crippen LogP contribution in [-0.2, 0) is 5.75 Å². The maximum Gasteiger partial charge on any atom is 0.258 e.